The van der Waals surface area contributed by atoms with Crippen LogP contribution in [0.4, 0.5) is 0 Å². The lowest BCUT2D eigenvalue weighted by molar-refractivity contribution is 0.639. The second-order valence-corrected chi connectivity index (χ2v) is 10.9. The normalized spacial score (nSPS) is 16.5. The zero-order valence-corrected chi connectivity index (χ0v) is 19.9. The van der Waals surface area contributed by atoms with E-state index in [1.807, 2.05) is 6.20 Å². The van der Waals surface area contributed by atoms with Crippen LogP contribution < -0.4 is 0 Å². The summed E-state index contributed by atoms with van der Waals surface area (Å²) in [5.74, 6) is 0. The highest BCUT2D eigenvalue weighted by Crippen LogP contribution is 2.60. The minimum atomic E-state index is -0.0807. The molecule has 7 rings (SSSR count). The predicted octanol–water partition coefficient (Wildman–Crippen LogP) is 8.31. The molecule has 0 spiro atoms. The molecule has 160 valence electrons. The number of hydrogen-bond acceptors (Lipinski definition) is 1. The van der Waals surface area contributed by atoms with E-state index in [2.05, 4.69) is 101 Å². The van der Waals surface area contributed by atoms with Gasteiger partial charge in [0.25, 0.3) is 0 Å². The average molecular weight is 426 g/mol. The molecule has 0 bridgehead atoms. The summed E-state index contributed by atoms with van der Waals surface area (Å²) in [5, 5.41) is 5.31. The monoisotopic (exact) mass is 425 g/mol. The Morgan fingerprint density at radius 3 is 2.09 bits per heavy atom. The molecule has 1 aromatic heterocycles. The summed E-state index contributed by atoms with van der Waals surface area (Å²) in [4.78, 5) is 4.89. The van der Waals surface area contributed by atoms with E-state index in [1.54, 1.807) is 0 Å². The zero-order chi connectivity index (χ0) is 22.7. The first kappa shape index (κ1) is 19.1. The fourth-order valence-corrected chi connectivity index (χ4v) is 6.60. The van der Waals surface area contributed by atoms with Gasteiger partial charge in [-0.05, 0) is 80.2 Å². The molecule has 1 nitrogen and oxygen atoms in total. The van der Waals surface area contributed by atoms with Gasteiger partial charge in [0, 0.05) is 28.0 Å². The van der Waals surface area contributed by atoms with Crippen LogP contribution in [0.3, 0.4) is 0 Å². The second kappa shape index (κ2) is 5.91. The van der Waals surface area contributed by atoms with Gasteiger partial charge in [-0.15, -0.1) is 0 Å². The average Bonchev–Trinajstić information content (AvgIpc) is 3.04. The number of benzene rings is 4. The van der Waals surface area contributed by atoms with Crippen molar-refractivity contribution in [3.8, 4) is 22.4 Å². The third kappa shape index (κ3) is 2.20. The van der Waals surface area contributed by atoms with Crippen molar-refractivity contribution in [3.05, 3.63) is 101 Å². The molecule has 0 radical (unpaired) electrons. The summed E-state index contributed by atoms with van der Waals surface area (Å²) in [6, 6.07) is 24.9. The number of nitrogens with zero attached hydrogens (tertiary/aromatic N) is 1. The summed E-state index contributed by atoms with van der Waals surface area (Å²) < 4.78 is 0. The van der Waals surface area contributed by atoms with Crippen molar-refractivity contribution < 1.29 is 0 Å². The van der Waals surface area contributed by atoms with Crippen LogP contribution in [0.2, 0.25) is 0 Å². The second-order valence-electron chi connectivity index (χ2n) is 10.9. The van der Waals surface area contributed by atoms with E-state index < -0.39 is 0 Å². The van der Waals surface area contributed by atoms with Gasteiger partial charge in [-0.1, -0.05) is 76.2 Å². The minimum Gasteiger partial charge on any atom is -0.256 e. The molecule has 2 aliphatic carbocycles. The lowest BCUT2D eigenvalue weighted by Gasteiger charge is -2.35. The molecule has 33 heavy (non-hydrogen) atoms. The lowest BCUT2D eigenvalue weighted by Crippen LogP contribution is -2.24. The van der Waals surface area contributed by atoms with E-state index in [0.717, 1.165) is 5.69 Å². The molecule has 0 atom stereocenters. The first-order valence-corrected chi connectivity index (χ1v) is 11.9. The van der Waals surface area contributed by atoms with Crippen LogP contribution in [-0.4, -0.2) is 4.98 Å². The SMILES string of the molecule is Cc1cc2c3c4c(cccc14)C(C)(C)c1cc(-c4nccc5ccccc45)cc(c1-3)C2(C)C. The van der Waals surface area contributed by atoms with Crippen molar-refractivity contribution in [3.63, 3.8) is 0 Å². The highest BCUT2D eigenvalue weighted by Gasteiger charge is 2.45. The first-order valence-electron chi connectivity index (χ1n) is 11.9. The van der Waals surface area contributed by atoms with Gasteiger partial charge in [0.2, 0.25) is 0 Å². The summed E-state index contributed by atoms with van der Waals surface area (Å²) >= 11 is 0. The van der Waals surface area contributed by atoms with Crippen molar-refractivity contribution in [2.75, 3.05) is 0 Å². The number of rotatable bonds is 1. The molecule has 0 saturated carbocycles. The van der Waals surface area contributed by atoms with Crippen LogP contribution in [0.5, 0.6) is 0 Å². The molecule has 0 amide bonds. The Bertz CT molecular complexity index is 1660. The van der Waals surface area contributed by atoms with E-state index in [1.165, 1.54) is 66.1 Å². The summed E-state index contributed by atoms with van der Waals surface area (Å²) in [7, 11) is 0. The zero-order valence-electron chi connectivity index (χ0n) is 19.9. The van der Waals surface area contributed by atoms with Crippen molar-refractivity contribution in [1.29, 1.82) is 0 Å². The van der Waals surface area contributed by atoms with Crippen LogP contribution >= 0.6 is 0 Å². The van der Waals surface area contributed by atoms with Crippen LogP contribution in [0.1, 0.15) is 55.5 Å². The van der Waals surface area contributed by atoms with Gasteiger partial charge in [0.1, 0.15) is 0 Å². The van der Waals surface area contributed by atoms with Crippen molar-refractivity contribution in [1.82, 2.24) is 4.98 Å². The van der Waals surface area contributed by atoms with E-state index in [9.17, 15) is 0 Å². The first-order chi connectivity index (χ1) is 15.8. The van der Waals surface area contributed by atoms with Crippen LogP contribution in [0, 0.1) is 6.92 Å². The van der Waals surface area contributed by atoms with Crippen molar-refractivity contribution in [2.45, 2.75) is 45.4 Å². The van der Waals surface area contributed by atoms with Gasteiger partial charge < -0.3 is 0 Å². The molecular weight excluding hydrogens is 398 g/mol. The molecule has 5 aromatic rings. The third-order valence-corrected chi connectivity index (χ3v) is 8.40. The number of aromatic nitrogens is 1. The van der Waals surface area contributed by atoms with Gasteiger partial charge in [-0.2, -0.15) is 0 Å². The standard InChI is InChI=1S/C32H27N/c1-18-15-24-29-27-21(18)11-8-12-23(27)31(2,3)25-16-20(17-26(28(25)29)32(24,4)5)30-22-10-7-6-9-19(22)13-14-33-30/h6-17H,1-5H3. The van der Waals surface area contributed by atoms with E-state index >= 15 is 0 Å². The molecule has 0 saturated heterocycles. The molecule has 1 heterocycles. The van der Waals surface area contributed by atoms with E-state index in [-0.39, 0.29) is 10.8 Å². The minimum absolute atomic E-state index is 0.0491. The van der Waals surface area contributed by atoms with Gasteiger partial charge in [0.15, 0.2) is 0 Å². The molecule has 0 aliphatic heterocycles. The fraction of sp³-hybridized carbons (Fsp3) is 0.219. The fourth-order valence-electron chi connectivity index (χ4n) is 6.60. The number of hydrogen-bond donors (Lipinski definition) is 0. The number of fused-ring (bicyclic) bond motifs is 1. The van der Waals surface area contributed by atoms with Crippen LogP contribution in [-0.2, 0) is 10.8 Å². The van der Waals surface area contributed by atoms with Gasteiger partial charge in [-0.25, -0.2) is 0 Å². The number of pyridine rings is 1. The molecular formula is C32H27N. The molecule has 4 aromatic carbocycles. The topological polar surface area (TPSA) is 12.9 Å². The lowest BCUT2D eigenvalue weighted by atomic mass is 9.67. The Hall–Kier alpha value is -3.45. The van der Waals surface area contributed by atoms with Crippen molar-refractivity contribution >= 4 is 21.5 Å². The summed E-state index contributed by atoms with van der Waals surface area (Å²) in [5.41, 5.74) is 12.3. The van der Waals surface area contributed by atoms with Crippen molar-refractivity contribution in [2.24, 2.45) is 0 Å². The van der Waals surface area contributed by atoms with Gasteiger partial charge >= 0.3 is 0 Å². The Labute approximate surface area is 195 Å². The van der Waals surface area contributed by atoms with Crippen LogP contribution in [0.15, 0.2) is 72.9 Å². The van der Waals surface area contributed by atoms with E-state index in [0.29, 0.717) is 0 Å². The maximum atomic E-state index is 4.89. The van der Waals surface area contributed by atoms with Gasteiger partial charge in [-0.3, -0.25) is 4.98 Å². The summed E-state index contributed by atoms with van der Waals surface area (Å²) in [6.07, 6.45) is 1.95. The largest absolute Gasteiger partial charge is 0.256 e. The molecule has 0 unspecified atom stereocenters. The molecule has 0 fully saturated rings. The highest BCUT2D eigenvalue weighted by molar-refractivity contribution is 6.10. The predicted molar refractivity (Wildman–Crippen MR) is 139 cm³/mol. The maximum absolute atomic E-state index is 4.89. The highest BCUT2D eigenvalue weighted by atomic mass is 14.7. The Balaban J connectivity index is 1.66. The Kier molecular flexibility index (Phi) is 3.41. The molecule has 1 heteroatoms. The van der Waals surface area contributed by atoms with E-state index in [4.69, 9.17) is 4.98 Å². The summed E-state index contributed by atoms with van der Waals surface area (Å²) in [6.45, 7) is 11.9. The quantitative estimate of drug-likeness (QED) is 0.263. The van der Waals surface area contributed by atoms with Crippen LogP contribution in [0.25, 0.3) is 43.9 Å². The van der Waals surface area contributed by atoms with Gasteiger partial charge in [0.05, 0.1) is 5.69 Å². The third-order valence-electron chi connectivity index (χ3n) is 8.40. The Morgan fingerprint density at radius 1 is 0.636 bits per heavy atom. The molecule has 0 N–H and O–H groups in total. The maximum Gasteiger partial charge on any atom is 0.0780 e. The number of aryl methyl sites for hydroxylation is 1. The smallest absolute Gasteiger partial charge is 0.0780 e. The molecule has 2 aliphatic rings. The Morgan fingerprint density at radius 2 is 1.30 bits per heavy atom.